The number of hydrogen-bond donors (Lipinski definition) is 0. The summed E-state index contributed by atoms with van der Waals surface area (Å²) < 4.78 is 5.96. The fourth-order valence-corrected chi connectivity index (χ4v) is 9.34. The van der Waals surface area contributed by atoms with Crippen molar-refractivity contribution in [3.05, 3.63) is 0 Å². The number of ether oxygens (including phenoxy) is 1. The van der Waals surface area contributed by atoms with Crippen molar-refractivity contribution in [1.29, 1.82) is 0 Å². The second-order valence-corrected chi connectivity index (χ2v) is 12.2. The van der Waals surface area contributed by atoms with Gasteiger partial charge in [-0.2, -0.15) is 0 Å². The Balaban J connectivity index is 1.73. The Bertz CT molecular complexity index is 567. The van der Waals surface area contributed by atoms with E-state index in [2.05, 4.69) is 48.5 Å². The van der Waals surface area contributed by atoms with Crippen LogP contribution in [0.2, 0.25) is 0 Å². The molecule has 4 aliphatic rings. The number of rotatable bonds is 1. The van der Waals surface area contributed by atoms with Crippen LogP contribution in [0.4, 0.5) is 0 Å². The van der Waals surface area contributed by atoms with Crippen molar-refractivity contribution in [2.75, 3.05) is 7.11 Å². The minimum Gasteiger partial charge on any atom is -0.381 e. The lowest BCUT2D eigenvalue weighted by Crippen LogP contribution is -2.64. The average molecular weight is 361 g/mol. The fourth-order valence-electron chi connectivity index (χ4n) is 9.34. The van der Waals surface area contributed by atoms with Crippen LogP contribution < -0.4 is 0 Å². The van der Waals surface area contributed by atoms with Gasteiger partial charge in [-0.15, -0.1) is 0 Å². The van der Waals surface area contributed by atoms with Gasteiger partial charge in [0.15, 0.2) is 0 Å². The molecule has 4 saturated carbocycles. The third-order valence-electron chi connectivity index (χ3n) is 11.9. The molecule has 0 amide bonds. The molecule has 0 spiro atoms. The summed E-state index contributed by atoms with van der Waals surface area (Å²) in [6, 6.07) is 0. The normalized spacial score (nSPS) is 58.6. The molecule has 0 bridgehead atoms. The predicted octanol–water partition coefficient (Wildman–Crippen LogP) is 6.95. The van der Waals surface area contributed by atoms with Crippen molar-refractivity contribution in [2.45, 2.75) is 99.5 Å². The number of fused-ring (bicyclic) bond motifs is 5. The van der Waals surface area contributed by atoms with Crippen molar-refractivity contribution in [2.24, 2.45) is 51.2 Å². The van der Waals surface area contributed by atoms with E-state index in [1.165, 1.54) is 44.9 Å². The van der Waals surface area contributed by atoms with Crippen molar-refractivity contribution >= 4 is 0 Å². The molecule has 4 rings (SSSR count). The van der Waals surface area contributed by atoms with E-state index < -0.39 is 0 Å². The van der Waals surface area contributed by atoms with E-state index in [1.807, 2.05) is 7.11 Å². The first-order chi connectivity index (χ1) is 12.0. The van der Waals surface area contributed by atoms with Gasteiger partial charge < -0.3 is 4.74 Å². The number of methoxy groups -OCH3 is 1. The molecule has 0 aromatic rings. The lowest BCUT2D eigenvalue weighted by molar-refractivity contribution is -0.226. The molecular formula is C25H44O. The summed E-state index contributed by atoms with van der Waals surface area (Å²) in [5, 5.41) is 0. The van der Waals surface area contributed by atoms with Gasteiger partial charge in [0.05, 0.1) is 6.10 Å². The third-order valence-corrected chi connectivity index (χ3v) is 11.9. The molecule has 4 fully saturated rings. The molecule has 1 nitrogen and oxygen atoms in total. The first-order valence-electron chi connectivity index (χ1n) is 11.6. The maximum atomic E-state index is 5.96. The van der Waals surface area contributed by atoms with Gasteiger partial charge in [-0.05, 0) is 96.2 Å². The molecule has 0 heterocycles. The summed E-state index contributed by atoms with van der Waals surface area (Å²) in [6.07, 6.45) is 10.5. The van der Waals surface area contributed by atoms with Gasteiger partial charge >= 0.3 is 0 Å². The minimum absolute atomic E-state index is 0.426. The second kappa shape index (κ2) is 5.74. The minimum atomic E-state index is 0.426. The third kappa shape index (κ3) is 2.08. The molecule has 0 N–H and O–H groups in total. The molecule has 0 aliphatic heterocycles. The molecule has 1 heteroatoms. The SMILES string of the molecule is COC1CCC2(C)C3CCC4(C)C(CCC4(C)C)C3CC(C)C2(C)C1C. The van der Waals surface area contributed by atoms with E-state index in [9.17, 15) is 0 Å². The van der Waals surface area contributed by atoms with Crippen LogP contribution in [0.5, 0.6) is 0 Å². The monoisotopic (exact) mass is 360 g/mol. The van der Waals surface area contributed by atoms with Crippen molar-refractivity contribution in [3.63, 3.8) is 0 Å². The predicted molar refractivity (Wildman–Crippen MR) is 110 cm³/mol. The van der Waals surface area contributed by atoms with Crippen LogP contribution in [-0.2, 0) is 4.74 Å². The fraction of sp³-hybridized carbons (Fsp3) is 1.00. The summed E-state index contributed by atoms with van der Waals surface area (Å²) in [5.74, 6) is 4.37. The zero-order valence-corrected chi connectivity index (χ0v) is 18.8. The van der Waals surface area contributed by atoms with E-state index in [-0.39, 0.29) is 0 Å². The molecule has 4 aliphatic carbocycles. The largest absolute Gasteiger partial charge is 0.381 e. The molecule has 26 heavy (non-hydrogen) atoms. The van der Waals surface area contributed by atoms with Crippen LogP contribution in [0.15, 0.2) is 0 Å². The molecule has 9 atom stereocenters. The van der Waals surface area contributed by atoms with E-state index in [0.29, 0.717) is 33.7 Å². The van der Waals surface area contributed by atoms with Gasteiger partial charge in [-0.3, -0.25) is 0 Å². The maximum Gasteiger partial charge on any atom is 0.0602 e. The Morgan fingerprint density at radius 1 is 0.769 bits per heavy atom. The van der Waals surface area contributed by atoms with Crippen LogP contribution >= 0.6 is 0 Å². The van der Waals surface area contributed by atoms with Gasteiger partial charge in [0, 0.05) is 7.11 Å². The van der Waals surface area contributed by atoms with Crippen LogP contribution in [0, 0.1) is 51.2 Å². The standard InChI is InChI=1S/C25H44O/c1-16-15-18-19-9-12-22(3,4)23(19,5)13-10-20(18)24(6)14-11-21(26-8)17(2)25(16,24)7/h16-21H,9-15H2,1-8H3. The van der Waals surface area contributed by atoms with Gasteiger partial charge in [0.25, 0.3) is 0 Å². The summed E-state index contributed by atoms with van der Waals surface area (Å²) in [7, 11) is 1.94. The van der Waals surface area contributed by atoms with Crippen molar-refractivity contribution < 1.29 is 4.74 Å². The van der Waals surface area contributed by atoms with Gasteiger partial charge in [-0.25, -0.2) is 0 Å². The van der Waals surface area contributed by atoms with Crippen LogP contribution in [0.1, 0.15) is 93.4 Å². The van der Waals surface area contributed by atoms with E-state index in [4.69, 9.17) is 4.74 Å². The highest BCUT2D eigenvalue weighted by Gasteiger charge is 2.67. The molecular weight excluding hydrogens is 316 g/mol. The molecule has 9 unspecified atom stereocenters. The first-order valence-corrected chi connectivity index (χ1v) is 11.6. The second-order valence-electron chi connectivity index (χ2n) is 12.2. The van der Waals surface area contributed by atoms with Crippen LogP contribution in [-0.4, -0.2) is 13.2 Å². The molecule has 0 aromatic carbocycles. The van der Waals surface area contributed by atoms with Crippen molar-refractivity contribution in [1.82, 2.24) is 0 Å². The van der Waals surface area contributed by atoms with Crippen LogP contribution in [0.25, 0.3) is 0 Å². The summed E-state index contributed by atoms with van der Waals surface area (Å²) in [5.41, 5.74) is 2.04. The van der Waals surface area contributed by atoms with E-state index >= 15 is 0 Å². The highest BCUT2D eigenvalue weighted by Crippen LogP contribution is 2.74. The Morgan fingerprint density at radius 3 is 2.00 bits per heavy atom. The zero-order valence-electron chi connectivity index (χ0n) is 18.8. The summed E-state index contributed by atoms with van der Waals surface area (Å²) in [4.78, 5) is 0. The summed E-state index contributed by atoms with van der Waals surface area (Å²) in [6.45, 7) is 18.2. The lowest BCUT2D eigenvalue weighted by atomic mass is 9.36. The van der Waals surface area contributed by atoms with Gasteiger partial charge in [-0.1, -0.05) is 48.5 Å². The maximum absolute atomic E-state index is 5.96. The van der Waals surface area contributed by atoms with E-state index in [1.54, 1.807) is 0 Å². The van der Waals surface area contributed by atoms with E-state index in [0.717, 1.165) is 23.7 Å². The Hall–Kier alpha value is -0.0400. The first kappa shape index (κ1) is 19.3. The molecule has 150 valence electrons. The Morgan fingerprint density at radius 2 is 1.35 bits per heavy atom. The molecule has 0 saturated heterocycles. The van der Waals surface area contributed by atoms with Crippen molar-refractivity contribution in [3.8, 4) is 0 Å². The number of hydrogen-bond acceptors (Lipinski definition) is 1. The molecule has 0 radical (unpaired) electrons. The smallest absolute Gasteiger partial charge is 0.0602 e. The van der Waals surface area contributed by atoms with Crippen LogP contribution in [0.3, 0.4) is 0 Å². The highest BCUT2D eigenvalue weighted by molar-refractivity contribution is 5.16. The Kier molecular flexibility index (Phi) is 4.26. The zero-order chi connectivity index (χ0) is 19.1. The Labute approximate surface area is 163 Å². The quantitative estimate of drug-likeness (QED) is 0.491. The molecule has 0 aromatic heterocycles. The topological polar surface area (TPSA) is 9.23 Å². The highest BCUT2D eigenvalue weighted by atomic mass is 16.5. The lowest BCUT2D eigenvalue weighted by Gasteiger charge is -2.69. The van der Waals surface area contributed by atoms with Gasteiger partial charge in [0.2, 0.25) is 0 Å². The average Bonchev–Trinajstić information content (AvgIpc) is 2.82. The summed E-state index contributed by atoms with van der Waals surface area (Å²) >= 11 is 0. The van der Waals surface area contributed by atoms with Gasteiger partial charge in [0.1, 0.15) is 0 Å².